The van der Waals surface area contributed by atoms with E-state index >= 15 is 0 Å². The van der Waals surface area contributed by atoms with E-state index in [4.69, 9.17) is 14.2 Å². The summed E-state index contributed by atoms with van der Waals surface area (Å²) in [6.45, 7) is 10.6. The molecule has 0 radical (unpaired) electrons. The first-order valence-corrected chi connectivity index (χ1v) is 13.0. The van der Waals surface area contributed by atoms with Crippen molar-refractivity contribution in [1.82, 2.24) is 9.80 Å². The molecule has 0 unspecified atom stereocenters. The van der Waals surface area contributed by atoms with Crippen LogP contribution in [0.4, 0.5) is 0 Å². The van der Waals surface area contributed by atoms with Gasteiger partial charge >= 0.3 is 0 Å². The third-order valence-corrected chi connectivity index (χ3v) is 6.65. The maximum absolute atomic E-state index is 13.5. The first-order chi connectivity index (χ1) is 16.8. The van der Waals surface area contributed by atoms with Crippen LogP contribution in [0.25, 0.3) is 0 Å². The Bertz CT molecular complexity index is 943. The van der Waals surface area contributed by atoms with Crippen LogP contribution < -0.4 is 9.47 Å². The van der Waals surface area contributed by atoms with E-state index in [9.17, 15) is 9.59 Å². The summed E-state index contributed by atoms with van der Waals surface area (Å²) in [7, 11) is 3.22. The highest BCUT2D eigenvalue weighted by Crippen LogP contribution is 2.28. The van der Waals surface area contributed by atoms with Crippen LogP contribution in [0, 0.1) is 12.8 Å². The van der Waals surface area contributed by atoms with Gasteiger partial charge in [0.2, 0.25) is 11.8 Å². The molecule has 2 rings (SSSR count). The van der Waals surface area contributed by atoms with Gasteiger partial charge in [-0.1, -0.05) is 19.9 Å². The van der Waals surface area contributed by atoms with Gasteiger partial charge in [-0.05, 0) is 56.5 Å². The minimum Gasteiger partial charge on any atom is -0.493 e. The van der Waals surface area contributed by atoms with E-state index in [-0.39, 0.29) is 24.3 Å². The van der Waals surface area contributed by atoms with Crippen LogP contribution in [0.15, 0.2) is 30.3 Å². The molecule has 7 nitrogen and oxygen atoms in total. The Kier molecular flexibility index (Phi) is 12.1. The fourth-order valence-electron chi connectivity index (χ4n) is 3.75. The summed E-state index contributed by atoms with van der Waals surface area (Å²) in [5.74, 6) is 1.10. The quantitative estimate of drug-likeness (QED) is 0.333. The molecule has 2 aromatic rings. The second-order valence-electron chi connectivity index (χ2n) is 8.73. The summed E-state index contributed by atoms with van der Waals surface area (Å²) >= 11 is 1.69. The number of ether oxygens (including phenoxy) is 3. The van der Waals surface area contributed by atoms with Crippen LogP contribution in [-0.4, -0.2) is 68.7 Å². The predicted molar refractivity (Wildman–Crippen MR) is 140 cm³/mol. The number of hydrogen-bond donors (Lipinski definition) is 0. The van der Waals surface area contributed by atoms with Crippen molar-refractivity contribution in [3.63, 3.8) is 0 Å². The van der Waals surface area contributed by atoms with Crippen molar-refractivity contribution in [3.05, 3.63) is 45.6 Å². The lowest BCUT2D eigenvalue weighted by atomic mass is 10.1. The Morgan fingerprint density at radius 3 is 2.34 bits per heavy atom. The number of carbonyl (C=O) groups is 2. The highest BCUT2D eigenvalue weighted by atomic mass is 32.1. The van der Waals surface area contributed by atoms with Crippen LogP contribution in [0.2, 0.25) is 0 Å². The highest BCUT2D eigenvalue weighted by molar-refractivity contribution is 7.11. The zero-order valence-corrected chi connectivity index (χ0v) is 22.8. The molecule has 194 valence electrons. The fourth-order valence-corrected chi connectivity index (χ4v) is 4.65. The van der Waals surface area contributed by atoms with Crippen molar-refractivity contribution < 1.29 is 23.8 Å². The van der Waals surface area contributed by atoms with Crippen LogP contribution in [0.1, 0.15) is 42.5 Å². The zero-order chi connectivity index (χ0) is 25.8. The van der Waals surface area contributed by atoms with E-state index < -0.39 is 0 Å². The summed E-state index contributed by atoms with van der Waals surface area (Å²) in [4.78, 5) is 32.2. The molecular formula is C27H40N2O5S. The van der Waals surface area contributed by atoms with Crippen LogP contribution in [0.5, 0.6) is 11.5 Å². The van der Waals surface area contributed by atoms with Gasteiger partial charge in [-0.25, -0.2) is 0 Å². The van der Waals surface area contributed by atoms with Crippen molar-refractivity contribution in [2.75, 3.05) is 47.1 Å². The summed E-state index contributed by atoms with van der Waals surface area (Å²) in [5, 5.41) is 0. The summed E-state index contributed by atoms with van der Waals surface area (Å²) in [6, 6.07) is 9.94. The molecule has 35 heavy (non-hydrogen) atoms. The molecule has 0 spiro atoms. The van der Waals surface area contributed by atoms with E-state index in [1.807, 2.05) is 43.9 Å². The summed E-state index contributed by atoms with van der Waals surface area (Å²) < 4.78 is 16.2. The Morgan fingerprint density at radius 2 is 1.74 bits per heavy atom. The van der Waals surface area contributed by atoms with E-state index in [2.05, 4.69) is 19.1 Å². The second-order valence-corrected chi connectivity index (χ2v) is 10.1. The third-order valence-electron chi connectivity index (χ3n) is 5.67. The standard InChI is InChI=1S/C27H40N2O5S/c1-7-34-16-8-14-29(27(31)20(2)3)19-26(30)28(18-23-11-9-21(4)35-23)15-13-22-10-12-24(32-5)25(17-22)33-6/h9-12,17,20H,7-8,13-16,18-19H2,1-6H3. The minimum atomic E-state index is -0.171. The molecule has 0 saturated heterocycles. The molecule has 0 aliphatic heterocycles. The lowest BCUT2D eigenvalue weighted by molar-refractivity contribution is -0.142. The van der Waals surface area contributed by atoms with Gasteiger partial charge in [0.25, 0.3) is 0 Å². The van der Waals surface area contributed by atoms with E-state index in [0.29, 0.717) is 57.2 Å². The lowest BCUT2D eigenvalue weighted by Crippen LogP contribution is -2.45. The number of thiophene rings is 1. The van der Waals surface area contributed by atoms with Gasteiger partial charge in [0.05, 0.1) is 27.3 Å². The number of amides is 2. The average molecular weight is 505 g/mol. The maximum atomic E-state index is 13.5. The summed E-state index contributed by atoms with van der Waals surface area (Å²) in [5.41, 5.74) is 1.05. The molecule has 2 amide bonds. The summed E-state index contributed by atoms with van der Waals surface area (Å²) in [6.07, 6.45) is 1.37. The van der Waals surface area contributed by atoms with Crippen molar-refractivity contribution in [2.24, 2.45) is 5.92 Å². The van der Waals surface area contributed by atoms with Crippen LogP contribution in [-0.2, 0) is 27.3 Å². The average Bonchev–Trinajstić information content (AvgIpc) is 3.27. The van der Waals surface area contributed by atoms with Gasteiger partial charge in [0, 0.05) is 42.0 Å². The first kappa shape index (κ1) is 28.7. The Morgan fingerprint density at radius 1 is 1.00 bits per heavy atom. The predicted octanol–water partition coefficient (Wildman–Crippen LogP) is 4.56. The largest absolute Gasteiger partial charge is 0.493 e. The van der Waals surface area contributed by atoms with E-state index in [0.717, 1.165) is 10.4 Å². The number of hydrogen-bond acceptors (Lipinski definition) is 6. The van der Waals surface area contributed by atoms with Gasteiger partial charge in [0.1, 0.15) is 0 Å². The third kappa shape index (κ3) is 9.18. The van der Waals surface area contributed by atoms with Gasteiger partial charge in [-0.2, -0.15) is 0 Å². The maximum Gasteiger partial charge on any atom is 0.242 e. The first-order valence-electron chi connectivity index (χ1n) is 12.2. The molecule has 0 saturated carbocycles. The number of benzene rings is 1. The molecule has 1 aromatic carbocycles. The Labute approximate surface area is 214 Å². The smallest absolute Gasteiger partial charge is 0.242 e. The number of methoxy groups -OCH3 is 2. The molecule has 0 fully saturated rings. The second kappa shape index (κ2) is 14.7. The lowest BCUT2D eigenvalue weighted by Gasteiger charge is -2.29. The highest BCUT2D eigenvalue weighted by Gasteiger charge is 2.23. The number of rotatable bonds is 15. The monoisotopic (exact) mass is 504 g/mol. The molecule has 0 bridgehead atoms. The van der Waals surface area contributed by atoms with Gasteiger partial charge in [-0.15, -0.1) is 11.3 Å². The number of nitrogens with zero attached hydrogens (tertiary/aromatic N) is 2. The normalized spacial score (nSPS) is 10.9. The van der Waals surface area contributed by atoms with Crippen LogP contribution in [0.3, 0.4) is 0 Å². The van der Waals surface area contributed by atoms with Crippen molar-refractivity contribution >= 4 is 23.2 Å². The van der Waals surface area contributed by atoms with Crippen LogP contribution >= 0.6 is 11.3 Å². The van der Waals surface area contributed by atoms with Gasteiger partial charge in [-0.3, -0.25) is 9.59 Å². The Balaban J connectivity index is 2.16. The van der Waals surface area contributed by atoms with Crippen molar-refractivity contribution in [2.45, 2.75) is 47.1 Å². The number of carbonyl (C=O) groups excluding carboxylic acids is 2. The number of aryl methyl sites for hydroxylation is 1. The zero-order valence-electron chi connectivity index (χ0n) is 22.0. The van der Waals surface area contributed by atoms with Crippen molar-refractivity contribution in [3.8, 4) is 11.5 Å². The minimum absolute atomic E-state index is 0.0124. The van der Waals surface area contributed by atoms with Crippen molar-refractivity contribution in [1.29, 1.82) is 0 Å². The van der Waals surface area contributed by atoms with E-state index in [1.54, 1.807) is 30.5 Å². The molecule has 0 atom stereocenters. The van der Waals surface area contributed by atoms with E-state index in [1.165, 1.54) is 4.88 Å². The van der Waals surface area contributed by atoms with Gasteiger partial charge < -0.3 is 24.0 Å². The molecular weight excluding hydrogens is 464 g/mol. The van der Waals surface area contributed by atoms with Gasteiger partial charge in [0.15, 0.2) is 11.5 Å². The Hall–Kier alpha value is -2.58. The molecule has 1 aromatic heterocycles. The fraction of sp³-hybridized carbons (Fsp3) is 0.556. The molecule has 0 aliphatic carbocycles. The molecule has 8 heteroatoms. The molecule has 1 heterocycles. The SMILES string of the molecule is CCOCCCN(CC(=O)N(CCc1ccc(OC)c(OC)c1)Cc1ccc(C)s1)C(=O)C(C)C. The molecule has 0 aliphatic rings. The topological polar surface area (TPSA) is 68.3 Å². The molecule has 0 N–H and O–H groups in total.